The maximum absolute atomic E-state index is 13.3. The smallest absolute Gasteiger partial charge is 0.407 e. The molecule has 5 nitrogen and oxygen atoms in total. The third-order valence-electron chi connectivity index (χ3n) is 3.42. The first kappa shape index (κ1) is 15.2. The number of nitrogens with zero attached hydrogens (tertiary/aromatic N) is 1. The molecule has 1 aliphatic heterocycles. The molecular weight excluding hydrogens is 239 g/mol. The Labute approximate surface area is 107 Å². The van der Waals surface area contributed by atoms with E-state index >= 15 is 0 Å². The van der Waals surface area contributed by atoms with E-state index in [2.05, 4.69) is 10.1 Å². The zero-order valence-corrected chi connectivity index (χ0v) is 11.4. The van der Waals surface area contributed by atoms with Gasteiger partial charge in [-0.3, -0.25) is 4.90 Å². The fourth-order valence-electron chi connectivity index (χ4n) is 2.34. The molecule has 0 aromatic heterocycles. The van der Waals surface area contributed by atoms with Crippen molar-refractivity contribution in [3.63, 3.8) is 0 Å². The van der Waals surface area contributed by atoms with Gasteiger partial charge >= 0.3 is 6.09 Å². The van der Waals surface area contributed by atoms with Gasteiger partial charge < -0.3 is 15.2 Å². The average Bonchev–Trinajstić information content (AvgIpc) is 2.63. The van der Waals surface area contributed by atoms with Crippen molar-refractivity contribution >= 4 is 6.09 Å². The molecule has 4 atom stereocenters. The summed E-state index contributed by atoms with van der Waals surface area (Å²) in [4.78, 5) is 12.9. The quantitative estimate of drug-likeness (QED) is 0.797. The third-order valence-corrected chi connectivity index (χ3v) is 3.42. The van der Waals surface area contributed by atoms with E-state index < -0.39 is 24.5 Å². The second-order valence-corrected chi connectivity index (χ2v) is 5.20. The second-order valence-electron chi connectivity index (χ2n) is 5.20. The summed E-state index contributed by atoms with van der Waals surface area (Å²) in [5.74, 6) is 0.0185. The number of aliphatic hydroxyl groups is 1. The average molecular weight is 262 g/mol. The monoisotopic (exact) mass is 262 g/mol. The van der Waals surface area contributed by atoms with Gasteiger partial charge in [-0.2, -0.15) is 0 Å². The molecule has 1 amide bonds. The van der Waals surface area contributed by atoms with Gasteiger partial charge in [-0.05, 0) is 19.3 Å². The number of halogens is 1. The highest BCUT2D eigenvalue weighted by molar-refractivity contribution is 5.67. The third kappa shape index (κ3) is 3.55. The summed E-state index contributed by atoms with van der Waals surface area (Å²) in [7, 11) is 1.27. The fourth-order valence-corrected chi connectivity index (χ4v) is 2.34. The maximum atomic E-state index is 13.3. The summed E-state index contributed by atoms with van der Waals surface area (Å²) in [6.07, 6.45) is -1.99. The Hall–Kier alpha value is -0.880. The minimum absolute atomic E-state index is 0.0185. The minimum Gasteiger partial charge on any atom is -0.453 e. The molecule has 0 radical (unpaired) electrons. The van der Waals surface area contributed by atoms with Gasteiger partial charge in [0.1, 0.15) is 12.4 Å². The number of alkyl carbamates (subject to hydrolysis) is 1. The number of nitrogens with one attached hydrogen (secondary N) is 1. The lowest BCUT2D eigenvalue weighted by Gasteiger charge is -2.35. The molecule has 6 heteroatoms. The van der Waals surface area contributed by atoms with Gasteiger partial charge in [-0.25, -0.2) is 9.18 Å². The molecule has 106 valence electrons. The predicted molar refractivity (Wildman–Crippen MR) is 65.9 cm³/mol. The fraction of sp³-hybridized carbons (Fsp3) is 0.917. The summed E-state index contributed by atoms with van der Waals surface area (Å²) < 4.78 is 17.9. The van der Waals surface area contributed by atoms with Crippen LogP contribution in [0.4, 0.5) is 9.18 Å². The van der Waals surface area contributed by atoms with E-state index in [9.17, 15) is 14.3 Å². The summed E-state index contributed by atoms with van der Waals surface area (Å²) in [5, 5.41) is 12.9. The van der Waals surface area contributed by atoms with E-state index in [-0.39, 0.29) is 18.5 Å². The van der Waals surface area contributed by atoms with Gasteiger partial charge in [0.2, 0.25) is 0 Å². The Morgan fingerprint density at radius 3 is 2.56 bits per heavy atom. The van der Waals surface area contributed by atoms with E-state index in [1.165, 1.54) is 7.11 Å². The maximum Gasteiger partial charge on any atom is 0.407 e. The van der Waals surface area contributed by atoms with Crippen molar-refractivity contribution in [3.8, 4) is 0 Å². The van der Waals surface area contributed by atoms with Crippen LogP contribution < -0.4 is 5.32 Å². The Bertz CT molecular complexity index is 288. The number of hydrogen-bond acceptors (Lipinski definition) is 4. The number of amides is 1. The number of carbonyl (C=O) groups is 1. The number of alkyl halides is 1. The standard InChI is InChI=1S/C12H23FN2O3/c1-7(2)10(14-12(17)18-4)11(16)15-6-9(13)5-8(15)3/h7-11,16H,5-6H2,1-4H3,(H,14,17)/t8-,9-,10+,11?/m1/s1. The summed E-state index contributed by atoms with van der Waals surface area (Å²) in [5.41, 5.74) is 0. The van der Waals surface area contributed by atoms with E-state index in [1.54, 1.807) is 4.90 Å². The van der Waals surface area contributed by atoms with Crippen LogP contribution in [0.25, 0.3) is 0 Å². The van der Waals surface area contributed by atoms with Gasteiger partial charge in [-0.1, -0.05) is 13.8 Å². The van der Waals surface area contributed by atoms with Gasteiger partial charge in [0.15, 0.2) is 0 Å². The zero-order valence-electron chi connectivity index (χ0n) is 11.4. The van der Waals surface area contributed by atoms with Crippen LogP contribution in [0.15, 0.2) is 0 Å². The van der Waals surface area contributed by atoms with Crippen molar-refractivity contribution in [2.45, 2.75) is 51.7 Å². The molecule has 0 bridgehead atoms. The number of methoxy groups -OCH3 is 1. The molecule has 1 aliphatic rings. The van der Waals surface area contributed by atoms with Crippen LogP contribution in [0.3, 0.4) is 0 Å². The SMILES string of the molecule is COC(=O)N[C@@H](C(C)C)C(O)N1C[C@H](F)C[C@H]1C. The van der Waals surface area contributed by atoms with E-state index in [0.29, 0.717) is 6.42 Å². The number of hydrogen-bond donors (Lipinski definition) is 2. The summed E-state index contributed by atoms with van der Waals surface area (Å²) in [6.45, 7) is 5.85. The highest BCUT2D eigenvalue weighted by Crippen LogP contribution is 2.24. The minimum atomic E-state index is -0.916. The lowest BCUT2D eigenvalue weighted by Crippen LogP contribution is -2.55. The van der Waals surface area contributed by atoms with Crippen molar-refractivity contribution in [2.24, 2.45) is 5.92 Å². The number of likely N-dealkylation sites (tertiary alicyclic amines) is 1. The number of aliphatic hydroxyl groups excluding tert-OH is 1. The number of rotatable bonds is 4. The van der Waals surface area contributed by atoms with Crippen LogP contribution in [0.2, 0.25) is 0 Å². The molecule has 0 saturated carbocycles. The van der Waals surface area contributed by atoms with Crippen LogP contribution in [0, 0.1) is 5.92 Å². The second kappa shape index (κ2) is 6.33. The van der Waals surface area contributed by atoms with E-state index in [4.69, 9.17) is 0 Å². The normalized spacial score (nSPS) is 28.2. The zero-order chi connectivity index (χ0) is 13.9. The summed E-state index contributed by atoms with van der Waals surface area (Å²) >= 11 is 0. The highest BCUT2D eigenvalue weighted by atomic mass is 19.1. The Balaban J connectivity index is 2.70. The van der Waals surface area contributed by atoms with Crippen molar-refractivity contribution in [2.75, 3.05) is 13.7 Å². The van der Waals surface area contributed by atoms with Crippen LogP contribution in [-0.2, 0) is 4.74 Å². The van der Waals surface area contributed by atoms with Crippen LogP contribution in [0.5, 0.6) is 0 Å². The van der Waals surface area contributed by atoms with Gasteiger partial charge in [0.25, 0.3) is 0 Å². The molecule has 0 aromatic carbocycles. The van der Waals surface area contributed by atoms with Gasteiger partial charge in [0, 0.05) is 12.6 Å². The number of ether oxygens (including phenoxy) is 1. The highest BCUT2D eigenvalue weighted by Gasteiger charge is 2.38. The van der Waals surface area contributed by atoms with Crippen LogP contribution in [-0.4, -0.2) is 54.2 Å². The van der Waals surface area contributed by atoms with Gasteiger partial charge in [-0.15, -0.1) is 0 Å². The molecule has 0 aromatic rings. The molecule has 1 unspecified atom stereocenters. The molecule has 1 fully saturated rings. The Morgan fingerprint density at radius 2 is 2.17 bits per heavy atom. The van der Waals surface area contributed by atoms with Crippen LogP contribution >= 0.6 is 0 Å². The first-order valence-corrected chi connectivity index (χ1v) is 6.29. The first-order valence-electron chi connectivity index (χ1n) is 6.29. The number of carbonyl (C=O) groups excluding carboxylic acids is 1. The van der Waals surface area contributed by atoms with Gasteiger partial charge in [0.05, 0.1) is 13.2 Å². The lowest BCUT2D eigenvalue weighted by atomic mass is 10.0. The summed E-state index contributed by atoms with van der Waals surface area (Å²) in [6, 6.07) is -0.513. The predicted octanol–water partition coefficient (Wildman–Crippen LogP) is 1.12. The van der Waals surface area contributed by atoms with Crippen molar-refractivity contribution in [1.29, 1.82) is 0 Å². The molecule has 2 N–H and O–H groups in total. The molecule has 18 heavy (non-hydrogen) atoms. The molecule has 1 rings (SSSR count). The van der Waals surface area contributed by atoms with Crippen LogP contribution in [0.1, 0.15) is 27.2 Å². The Kier molecular flexibility index (Phi) is 5.34. The molecule has 0 spiro atoms. The van der Waals surface area contributed by atoms with Crippen molar-refractivity contribution < 1.29 is 19.0 Å². The first-order chi connectivity index (χ1) is 8.36. The molecular formula is C12H23FN2O3. The topological polar surface area (TPSA) is 61.8 Å². The van der Waals surface area contributed by atoms with Crippen molar-refractivity contribution in [1.82, 2.24) is 10.2 Å². The van der Waals surface area contributed by atoms with Crippen molar-refractivity contribution in [3.05, 3.63) is 0 Å². The molecule has 0 aliphatic carbocycles. The molecule has 1 saturated heterocycles. The largest absolute Gasteiger partial charge is 0.453 e. The van der Waals surface area contributed by atoms with E-state index in [0.717, 1.165) is 0 Å². The lowest BCUT2D eigenvalue weighted by molar-refractivity contribution is -0.0405. The van der Waals surface area contributed by atoms with E-state index in [1.807, 2.05) is 20.8 Å². The Morgan fingerprint density at radius 1 is 1.56 bits per heavy atom. The molecule has 1 heterocycles.